The van der Waals surface area contributed by atoms with E-state index in [-0.39, 0.29) is 19.2 Å². The number of fused-ring (bicyclic) bond motifs is 1. The third-order valence-corrected chi connectivity index (χ3v) is 9.23. The van der Waals surface area contributed by atoms with E-state index in [4.69, 9.17) is 42.6 Å². The zero-order valence-electron chi connectivity index (χ0n) is 33.2. The van der Waals surface area contributed by atoms with Crippen LogP contribution in [0, 0.1) is 0 Å². The van der Waals surface area contributed by atoms with E-state index in [1.807, 2.05) is 62.4 Å². The number of benzene rings is 2. The predicted octanol–water partition coefficient (Wildman–Crippen LogP) is 6.79. The minimum atomic E-state index is -0.621. The highest BCUT2D eigenvalue weighted by atomic mass is 16.7. The molecule has 2 saturated heterocycles. The number of carbonyl (C=O) groups is 3. The molecule has 4 rings (SSSR count). The molecule has 0 saturated carbocycles. The minimum absolute atomic E-state index is 0.141. The highest BCUT2D eigenvalue weighted by molar-refractivity contribution is 5.88. The molecule has 1 unspecified atom stereocenters. The quantitative estimate of drug-likeness (QED) is 0.0455. The highest BCUT2D eigenvalue weighted by Gasteiger charge is 2.51. The number of methoxy groups -OCH3 is 1. The first kappa shape index (κ1) is 44.4. The van der Waals surface area contributed by atoms with Gasteiger partial charge in [-0.1, -0.05) is 43.0 Å². The van der Waals surface area contributed by atoms with Crippen LogP contribution >= 0.6 is 0 Å². The fraction of sp³-hybridized carbons (Fsp3) is 0.523. The number of ether oxygens (including phenoxy) is 9. The monoisotopic (exact) mass is 778 g/mol. The molecule has 0 amide bonds. The van der Waals surface area contributed by atoms with E-state index in [1.165, 1.54) is 12.2 Å². The van der Waals surface area contributed by atoms with Crippen LogP contribution in [0.3, 0.4) is 0 Å². The van der Waals surface area contributed by atoms with E-state index in [9.17, 15) is 14.4 Å². The first-order chi connectivity index (χ1) is 27.1. The Morgan fingerprint density at radius 1 is 0.714 bits per heavy atom. The molecule has 2 aromatic carbocycles. The third-order valence-electron chi connectivity index (χ3n) is 9.23. The zero-order chi connectivity index (χ0) is 40.2. The molecule has 306 valence electrons. The average Bonchev–Trinajstić information content (AvgIpc) is 3.78. The summed E-state index contributed by atoms with van der Waals surface area (Å²) in [4.78, 5) is 36.7. The number of hydrogen-bond donors (Lipinski definition) is 0. The van der Waals surface area contributed by atoms with Gasteiger partial charge in [0.1, 0.15) is 18.0 Å². The van der Waals surface area contributed by atoms with Crippen LogP contribution in [-0.4, -0.2) is 102 Å². The second-order valence-electron chi connectivity index (χ2n) is 14.3. The maximum Gasteiger partial charge on any atom is 0.333 e. The Morgan fingerprint density at radius 3 is 1.80 bits per heavy atom. The Labute approximate surface area is 331 Å². The Hall–Kier alpha value is -4.33. The van der Waals surface area contributed by atoms with Gasteiger partial charge in [-0.2, -0.15) is 0 Å². The van der Waals surface area contributed by atoms with Crippen LogP contribution in [-0.2, 0) is 57.9 Å². The van der Waals surface area contributed by atoms with Crippen LogP contribution in [0.5, 0.6) is 5.75 Å². The van der Waals surface area contributed by atoms with Gasteiger partial charge in [-0.05, 0) is 100 Å². The lowest BCUT2D eigenvalue weighted by molar-refractivity contribution is -0.149. The predicted molar refractivity (Wildman–Crippen MR) is 211 cm³/mol. The first-order valence-electron chi connectivity index (χ1n) is 19.4. The van der Waals surface area contributed by atoms with Gasteiger partial charge < -0.3 is 42.6 Å². The lowest BCUT2D eigenvalue weighted by atomic mass is 9.97. The molecule has 0 aromatic heterocycles. The van der Waals surface area contributed by atoms with Crippen molar-refractivity contribution in [3.8, 4) is 5.75 Å². The SMILES string of the molecule is C=C(C)C(=O)OCCCCCCOc1ccc(/C=C/C(=O)O[C@@H]2CO[C@@H]3C(OC(=O)/C=C/c4ccc(C(C)(C)OCCCOCCCOC)cc4)CO[C@@H]32)cc1. The first-order valence-corrected chi connectivity index (χ1v) is 19.4. The molecular weight excluding hydrogens is 720 g/mol. The van der Waals surface area contributed by atoms with E-state index in [0.29, 0.717) is 45.2 Å². The Morgan fingerprint density at radius 2 is 1.25 bits per heavy atom. The fourth-order valence-corrected chi connectivity index (χ4v) is 6.02. The molecule has 0 N–H and O–H groups in total. The lowest BCUT2D eigenvalue weighted by Gasteiger charge is -2.26. The van der Waals surface area contributed by atoms with Gasteiger partial charge in [-0.25, -0.2) is 14.4 Å². The molecule has 2 heterocycles. The van der Waals surface area contributed by atoms with Crippen molar-refractivity contribution in [1.82, 2.24) is 0 Å². The molecule has 12 nitrogen and oxygen atoms in total. The van der Waals surface area contributed by atoms with E-state index in [2.05, 4.69) is 6.58 Å². The summed E-state index contributed by atoms with van der Waals surface area (Å²) in [5.74, 6) is -0.658. The summed E-state index contributed by atoms with van der Waals surface area (Å²) in [6.45, 7) is 13.1. The highest BCUT2D eigenvalue weighted by Crippen LogP contribution is 2.31. The summed E-state index contributed by atoms with van der Waals surface area (Å²) in [5.41, 5.74) is 2.61. The standard InChI is InChI=1S/C44H58O12/c1-32(2)43(47)51-28-9-7-6-8-27-50-36-20-14-34(15-21-36)17-23-40(46)56-38-31-53-41-37(30-52-42(38)41)55-39(45)22-16-33-12-18-35(19-13-33)44(3,4)54-29-11-26-49-25-10-24-48-5/h12-23,37-38,41-42H,1,6-11,24-31H2,2-5H3/b22-16+,23-17+/t37?,38-,41-,42-/m1/s1. The van der Waals surface area contributed by atoms with Crippen molar-refractivity contribution >= 4 is 30.1 Å². The molecule has 4 atom stereocenters. The molecule has 0 bridgehead atoms. The van der Waals surface area contributed by atoms with E-state index in [1.54, 1.807) is 26.2 Å². The maximum absolute atomic E-state index is 12.7. The summed E-state index contributed by atoms with van der Waals surface area (Å²) in [7, 11) is 1.68. The molecule has 0 aliphatic carbocycles. The second kappa shape index (κ2) is 23.7. The van der Waals surface area contributed by atoms with Gasteiger partial charge >= 0.3 is 17.9 Å². The van der Waals surface area contributed by atoms with Gasteiger partial charge in [-0.15, -0.1) is 0 Å². The largest absolute Gasteiger partial charge is 0.494 e. The van der Waals surface area contributed by atoms with E-state index in [0.717, 1.165) is 61.0 Å². The van der Waals surface area contributed by atoms with Crippen molar-refractivity contribution < 1.29 is 57.0 Å². The van der Waals surface area contributed by atoms with Gasteiger partial charge in [0.15, 0.2) is 12.2 Å². The van der Waals surface area contributed by atoms with Crippen molar-refractivity contribution in [2.24, 2.45) is 0 Å². The fourth-order valence-electron chi connectivity index (χ4n) is 6.02. The third kappa shape index (κ3) is 15.3. The van der Waals surface area contributed by atoms with Gasteiger partial charge in [0.25, 0.3) is 0 Å². The molecule has 2 aliphatic heterocycles. The maximum atomic E-state index is 12.7. The molecule has 56 heavy (non-hydrogen) atoms. The number of unbranched alkanes of at least 4 members (excludes halogenated alkanes) is 3. The van der Waals surface area contributed by atoms with Crippen LogP contribution in [0.1, 0.15) is 76.0 Å². The van der Waals surface area contributed by atoms with Crippen molar-refractivity contribution in [3.05, 3.63) is 89.5 Å². The molecule has 2 aliphatic rings. The van der Waals surface area contributed by atoms with Crippen LogP contribution < -0.4 is 4.74 Å². The molecule has 0 spiro atoms. The molecule has 2 aromatic rings. The molecular formula is C44H58O12. The van der Waals surface area contributed by atoms with Crippen LogP contribution in [0.15, 0.2) is 72.8 Å². The Bertz CT molecular complexity index is 1580. The topological polar surface area (TPSA) is 134 Å². The molecule has 12 heteroatoms. The van der Waals surface area contributed by atoms with E-state index < -0.39 is 42.0 Å². The summed E-state index contributed by atoms with van der Waals surface area (Å²) in [6.07, 6.45) is 9.09. The van der Waals surface area contributed by atoms with Crippen molar-refractivity contribution in [3.63, 3.8) is 0 Å². The van der Waals surface area contributed by atoms with Gasteiger partial charge in [0.2, 0.25) is 0 Å². The number of esters is 3. The average molecular weight is 779 g/mol. The second-order valence-corrected chi connectivity index (χ2v) is 14.3. The van der Waals surface area contributed by atoms with Crippen molar-refractivity contribution in [2.45, 2.75) is 89.3 Å². The number of hydrogen-bond acceptors (Lipinski definition) is 12. The van der Waals surface area contributed by atoms with Crippen LogP contribution in [0.4, 0.5) is 0 Å². The van der Waals surface area contributed by atoms with E-state index >= 15 is 0 Å². The normalized spacial score (nSPS) is 19.3. The Kier molecular flexibility index (Phi) is 18.8. The summed E-state index contributed by atoms with van der Waals surface area (Å²) in [6, 6.07) is 15.2. The van der Waals surface area contributed by atoms with Crippen LogP contribution in [0.2, 0.25) is 0 Å². The van der Waals surface area contributed by atoms with Gasteiger partial charge in [0.05, 0.1) is 32.0 Å². The van der Waals surface area contributed by atoms with Crippen molar-refractivity contribution in [1.29, 1.82) is 0 Å². The summed E-state index contributed by atoms with van der Waals surface area (Å²) >= 11 is 0. The summed E-state index contributed by atoms with van der Waals surface area (Å²) < 4.78 is 50.6. The summed E-state index contributed by atoms with van der Waals surface area (Å²) in [5, 5.41) is 0. The minimum Gasteiger partial charge on any atom is -0.494 e. The Balaban J connectivity index is 1.11. The number of rotatable bonds is 25. The lowest BCUT2D eigenvalue weighted by Crippen LogP contribution is -2.35. The van der Waals surface area contributed by atoms with Crippen LogP contribution in [0.25, 0.3) is 12.2 Å². The van der Waals surface area contributed by atoms with Gasteiger partial charge in [0, 0.05) is 51.3 Å². The number of carbonyl (C=O) groups excluding carboxylic acids is 3. The zero-order valence-corrected chi connectivity index (χ0v) is 33.2. The molecule has 0 radical (unpaired) electrons. The van der Waals surface area contributed by atoms with Crippen molar-refractivity contribution in [2.75, 3.05) is 60.0 Å². The smallest absolute Gasteiger partial charge is 0.333 e. The van der Waals surface area contributed by atoms with Gasteiger partial charge in [-0.3, -0.25) is 0 Å². The molecule has 2 fully saturated rings.